The molecule has 3 saturated heterocycles. The Morgan fingerprint density at radius 3 is 2.54 bits per heavy atom. The molecular formula is C38H36N10O8. The van der Waals surface area contributed by atoms with E-state index >= 15 is 0 Å². The maximum absolute atomic E-state index is 13.4. The van der Waals surface area contributed by atoms with Gasteiger partial charge in [0.1, 0.15) is 12.3 Å². The van der Waals surface area contributed by atoms with E-state index in [1.54, 1.807) is 30.5 Å². The van der Waals surface area contributed by atoms with Gasteiger partial charge in [-0.1, -0.05) is 6.07 Å². The van der Waals surface area contributed by atoms with Gasteiger partial charge in [0, 0.05) is 75.8 Å². The zero-order valence-electron chi connectivity index (χ0n) is 30.2. The van der Waals surface area contributed by atoms with Crippen LogP contribution in [0, 0.1) is 6.92 Å². The van der Waals surface area contributed by atoms with Crippen molar-refractivity contribution in [2.75, 3.05) is 54.4 Å². The molecule has 0 aliphatic carbocycles. The third kappa shape index (κ3) is 6.51. The Hall–Kier alpha value is -6.53. The first-order chi connectivity index (χ1) is 27.1. The molecule has 0 radical (unpaired) electrons. The fraction of sp³-hybridized carbons (Fsp3) is 0.342. The summed E-state index contributed by atoms with van der Waals surface area (Å²) in [5, 5.41) is 15.4. The van der Waals surface area contributed by atoms with Gasteiger partial charge < -0.3 is 29.1 Å². The fourth-order valence-corrected chi connectivity index (χ4v) is 7.59. The standard InChI is InChI=1S/C38H36N10O8/c1-20-14-22(6-8-39-20)35-41-27(19-55-35)33(51)40-26-16-29-31(43-32(26)47-9-7-23(49)18-47)44-38(56-29)46-12-10-45(11-13-46)17-21-2-3-24-25(15-21)37(54)48(36(24)53)28-4-5-30(50)42-34(28)52/h2-3,6,8,14-16,19,23,28,49H,4-5,7,9-13,17-18H2,1H3,(H,40,51)(H,42,50,52)/t23-,28?/m1/s1. The predicted octanol–water partition coefficient (Wildman–Crippen LogP) is 2.13. The van der Waals surface area contributed by atoms with Crippen LogP contribution >= 0.6 is 0 Å². The van der Waals surface area contributed by atoms with Gasteiger partial charge >= 0.3 is 0 Å². The molecule has 18 nitrogen and oxygen atoms in total. The highest BCUT2D eigenvalue weighted by Gasteiger charge is 2.44. The number of nitrogens with zero attached hydrogens (tertiary/aromatic N) is 8. The Labute approximate surface area is 318 Å². The third-order valence-electron chi connectivity index (χ3n) is 10.5. The molecule has 5 amide bonds. The number of aromatic nitrogens is 4. The Morgan fingerprint density at radius 2 is 1.77 bits per heavy atom. The number of hydrogen-bond donors (Lipinski definition) is 3. The molecule has 8 heterocycles. The molecule has 3 fully saturated rings. The first kappa shape index (κ1) is 35.2. The van der Waals surface area contributed by atoms with E-state index in [0.29, 0.717) is 86.5 Å². The van der Waals surface area contributed by atoms with Crippen molar-refractivity contribution < 1.29 is 37.9 Å². The third-order valence-corrected chi connectivity index (χ3v) is 10.5. The second-order valence-corrected chi connectivity index (χ2v) is 14.3. The van der Waals surface area contributed by atoms with E-state index in [1.807, 2.05) is 28.9 Å². The number of hydrogen-bond acceptors (Lipinski definition) is 15. The summed E-state index contributed by atoms with van der Waals surface area (Å²) in [6, 6.07) is 9.75. The number of oxazole rings is 2. The number of β-amino-alcohol motifs (C(OH)–C–C–N with tert-alkyl or cyclic N) is 1. The molecule has 56 heavy (non-hydrogen) atoms. The summed E-state index contributed by atoms with van der Waals surface area (Å²) in [5.74, 6) is -1.90. The summed E-state index contributed by atoms with van der Waals surface area (Å²) in [7, 11) is 0. The molecule has 4 aromatic heterocycles. The highest BCUT2D eigenvalue weighted by atomic mass is 16.4. The molecule has 2 atom stereocenters. The quantitative estimate of drug-likeness (QED) is 0.193. The van der Waals surface area contributed by atoms with E-state index in [2.05, 4.69) is 25.5 Å². The Balaban J connectivity index is 0.882. The van der Waals surface area contributed by atoms with Crippen molar-refractivity contribution in [3.8, 4) is 11.5 Å². The van der Waals surface area contributed by atoms with Crippen LogP contribution in [0.1, 0.15) is 61.7 Å². The number of piperidine rings is 1. The molecule has 1 aromatic carbocycles. The van der Waals surface area contributed by atoms with E-state index in [0.717, 1.165) is 16.2 Å². The van der Waals surface area contributed by atoms with Crippen molar-refractivity contribution in [2.45, 2.75) is 44.9 Å². The Kier molecular flexibility index (Phi) is 8.77. The van der Waals surface area contributed by atoms with Crippen molar-refractivity contribution in [2.24, 2.45) is 0 Å². The number of aliphatic hydroxyl groups excluding tert-OH is 1. The number of pyridine rings is 2. The van der Waals surface area contributed by atoms with Crippen LogP contribution in [-0.4, -0.2) is 116 Å². The van der Waals surface area contributed by atoms with Crippen molar-refractivity contribution in [3.05, 3.63) is 76.9 Å². The van der Waals surface area contributed by atoms with Crippen molar-refractivity contribution in [3.63, 3.8) is 0 Å². The lowest BCUT2D eigenvalue weighted by atomic mass is 10.0. The number of rotatable bonds is 8. The van der Waals surface area contributed by atoms with E-state index in [9.17, 15) is 29.1 Å². The number of aryl methyl sites for hydroxylation is 1. The van der Waals surface area contributed by atoms with Gasteiger partial charge in [-0.15, -0.1) is 0 Å². The topological polar surface area (TPSA) is 220 Å². The van der Waals surface area contributed by atoms with E-state index < -0.39 is 41.7 Å². The summed E-state index contributed by atoms with van der Waals surface area (Å²) >= 11 is 0. The van der Waals surface area contributed by atoms with E-state index in [1.165, 1.54) is 6.26 Å². The Morgan fingerprint density at radius 1 is 0.946 bits per heavy atom. The van der Waals surface area contributed by atoms with Crippen LogP contribution in [-0.2, 0) is 16.1 Å². The molecular weight excluding hydrogens is 724 g/mol. The molecule has 4 aliphatic heterocycles. The molecule has 4 aliphatic rings. The molecule has 0 spiro atoms. The van der Waals surface area contributed by atoms with Gasteiger partial charge in [-0.05, 0) is 49.6 Å². The zero-order valence-corrected chi connectivity index (χ0v) is 30.2. The summed E-state index contributed by atoms with van der Waals surface area (Å²) in [6.07, 6.45) is 3.12. The number of amides is 5. The SMILES string of the molecule is Cc1cc(-c2nc(C(=O)Nc3cc4oc(N5CCN(Cc6ccc7c(c6)C(=O)N(C6CCC(=O)NC6=O)C7=O)CC5)nc4nc3N3CC[C@@H](O)C3)co2)ccn1. The van der Waals surface area contributed by atoms with Crippen LogP contribution in [0.25, 0.3) is 22.7 Å². The summed E-state index contributed by atoms with van der Waals surface area (Å²) < 4.78 is 11.8. The van der Waals surface area contributed by atoms with Crippen LogP contribution in [0.3, 0.4) is 0 Å². The number of anilines is 3. The molecule has 3 N–H and O–H groups in total. The smallest absolute Gasteiger partial charge is 0.300 e. The molecule has 1 unspecified atom stereocenters. The molecule has 0 saturated carbocycles. The first-order valence-electron chi connectivity index (χ1n) is 18.3. The number of fused-ring (bicyclic) bond motifs is 2. The second-order valence-electron chi connectivity index (χ2n) is 14.3. The second kappa shape index (κ2) is 14.0. The molecule has 0 bridgehead atoms. The number of carbonyl (C=O) groups excluding carboxylic acids is 5. The van der Waals surface area contributed by atoms with Gasteiger partial charge in [0.25, 0.3) is 23.7 Å². The van der Waals surface area contributed by atoms with Crippen LogP contribution in [0.5, 0.6) is 0 Å². The number of aliphatic hydroxyl groups is 1. The highest BCUT2D eigenvalue weighted by Crippen LogP contribution is 2.34. The summed E-state index contributed by atoms with van der Waals surface area (Å²) in [4.78, 5) is 89.1. The van der Waals surface area contributed by atoms with Crippen molar-refractivity contribution in [1.82, 2.24) is 35.1 Å². The van der Waals surface area contributed by atoms with E-state index in [4.69, 9.17) is 18.8 Å². The fourth-order valence-electron chi connectivity index (χ4n) is 7.59. The minimum Gasteiger partial charge on any atom is -0.444 e. The van der Waals surface area contributed by atoms with Gasteiger partial charge in [-0.3, -0.25) is 44.1 Å². The van der Waals surface area contributed by atoms with Gasteiger partial charge in [0.05, 0.1) is 22.9 Å². The lowest BCUT2D eigenvalue weighted by Gasteiger charge is -2.33. The average molecular weight is 761 g/mol. The minimum absolute atomic E-state index is 0.0602. The van der Waals surface area contributed by atoms with E-state index in [-0.39, 0.29) is 35.6 Å². The van der Waals surface area contributed by atoms with Gasteiger partial charge in [-0.2, -0.15) is 4.98 Å². The van der Waals surface area contributed by atoms with Crippen LogP contribution in [0.2, 0.25) is 0 Å². The predicted molar refractivity (Wildman–Crippen MR) is 198 cm³/mol. The lowest BCUT2D eigenvalue weighted by molar-refractivity contribution is -0.136. The van der Waals surface area contributed by atoms with Crippen molar-refractivity contribution >= 4 is 58.3 Å². The van der Waals surface area contributed by atoms with Crippen LogP contribution in [0.15, 0.2) is 57.7 Å². The first-order valence-corrected chi connectivity index (χ1v) is 18.3. The normalized spacial score (nSPS) is 20.3. The van der Waals surface area contributed by atoms with Gasteiger partial charge in [-0.25, -0.2) is 9.97 Å². The molecule has 286 valence electrons. The average Bonchev–Trinajstić information content (AvgIpc) is 3.99. The number of imide groups is 2. The van der Waals surface area contributed by atoms with Crippen molar-refractivity contribution in [1.29, 1.82) is 0 Å². The molecule has 18 heteroatoms. The van der Waals surface area contributed by atoms with Gasteiger partial charge in [0.15, 0.2) is 17.1 Å². The molecule has 5 aromatic rings. The monoisotopic (exact) mass is 760 g/mol. The lowest BCUT2D eigenvalue weighted by Crippen LogP contribution is -2.54. The summed E-state index contributed by atoms with van der Waals surface area (Å²) in [6.45, 7) is 5.72. The zero-order chi connectivity index (χ0) is 38.7. The van der Waals surface area contributed by atoms with Crippen LogP contribution < -0.4 is 20.4 Å². The number of nitrogens with one attached hydrogen (secondary N) is 2. The molecule has 9 rings (SSSR count). The summed E-state index contributed by atoms with van der Waals surface area (Å²) in [5.41, 5.74) is 4.00. The minimum atomic E-state index is -1.01. The maximum atomic E-state index is 13.4. The largest absolute Gasteiger partial charge is 0.444 e. The number of piperazine rings is 1. The number of benzene rings is 1. The highest BCUT2D eigenvalue weighted by molar-refractivity contribution is 6.23. The Bertz CT molecular complexity index is 2440. The number of carbonyl (C=O) groups is 5. The maximum Gasteiger partial charge on any atom is 0.300 e. The van der Waals surface area contributed by atoms with Crippen LogP contribution in [0.4, 0.5) is 17.5 Å². The van der Waals surface area contributed by atoms with Gasteiger partial charge in [0.2, 0.25) is 23.4 Å².